The van der Waals surface area contributed by atoms with E-state index in [2.05, 4.69) is 34.9 Å². The largest absolute Gasteiger partial charge is 0.480 e. The molecule has 35 heavy (non-hydrogen) atoms. The van der Waals surface area contributed by atoms with Gasteiger partial charge in [-0.15, -0.1) is 0 Å². The number of aliphatic carboxylic acids is 1. The van der Waals surface area contributed by atoms with Crippen LogP contribution in [0.2, 0.25) is 0 Å². The number of ether oxygens (including phenoxy) is 1. The number of amides is 2. The molecule has 3 N–H and O–H groups in total. The third-order valence-corrected chi connectivity index (χ3v) is 6.14. The molecule has 0 saturated carbocycles. The van der Waals surface area contributed by atoms with Crippen molar-refractivity contribution >= 4 is 18.0 Å². The van der Waals surface area contributed by atoms with Crippen LogP contribution in [-0.4, -0.2) is 42.3 Å². The highest BCUT2D eigenvalue weighted by Crippen LogP contribution is 2.44. The maximum absolute atomic E-state index is 12.4. The van der Waals surface area contributed by atoms with E-state index in [0.29, 0.717) is 18.4 Å². The van der Waals surface area contributed by atoms with Crippen LogP contribution in [0.25, 0.3) is 11.1 Å². The minimum Gasteiger partial charge on any atom is -0.480 e. The Hall–Kier alpha value is -3.61. The van der Waals surface area contributed by atoms with E-state index in [0.717, 1.165) is 22.3 Å². The lowest BCUT2D eigenvalue weighted by Crippen LogP contribution is -2.41. The van der Waals surface area contributed by atoms with Crippen molar-refractivity contribution in [1.29, 1.82) is 0 Å². The van der Waals surface area contributed by atoms with Gasteiger partial charge < -0.3 is 20.5 Å². The van der Waals surface area contributed by atoms with Crippen LogP contribution in [0.4, 0.5) is 4.79 Å². The van der Waals surface area contributed by atoms with Crippen LogP contribution in [0.15, 0.2) is 60.2 Å². The van der Waals surface area contributed by atoms with Crippen molar-refractivity contribution in [1.82, 2.24) is 10.6 Å². The number of carboxylic acid groups (broad SMARTS) is 1. The summed E-state index contributed by atoms with van der Waals surface area (Å²) in [6.45, 7) is 7.94. The Morgan fingerprint density at radius 3 is 2.14 bits per heavy atom. The van der Waals surface area contributed by atoms with Gasteiger partial charge in [0.15, 0.2) is 0 Å². The molecule has 186 valence electrons. The molecule has 3 rings (SSSR count). The van der Waals surface area contributed by atoms with Crippen molar-refractivity contribution in [3.05, 3.63) is 71.3 Å². The molecule has 7 nitrogen and oxygen atoms in total. The van der Waals surface area contributed by atoms with E-state index in [1.165, 1.54) is 0 Å². The van der Waals surface area contributed by atoms with Crippen LogP contribution in [0, 0.1) is 5.41 Å². The Labute approximate surface area is 206 Å². The summed E-state index contributed by atoms with van der Waals surface area (Å²) in [7, 11) is 0. The Morgan fingerprint density at radius 1 is 1.03 bits per heavy atom. The maximum atomic E-state index is 12.4. The fourth-order valence-electron chi connectivity index (χ4n) is 4.14. The van der Waals surface area contributed by atoms with Gasteiger partial charge in [-0.3, -0.25) is 4.79 Å². The zero-order chi connectivity index (χ0) is 25.6. The molecule has 0 aliphatic heterocycles. The van der Waals surface area contributed by atoms with E-state index in [1.807, 2.05) is 45.0 Å². The number of fused-ring (bicyclic) bond motifs is 3. The molecule has 0 heterocycles. The minimum atomic E-state index is -1.06. The predicted molar refractivity (Wildman–Crippen MR) is 135 cm³/mol. The molecule has 2 aromatic rings. The number of hydrogen-bond donors (Lipinski definition) is 3. The van der Waals surface area contributed by atoms with Gasteiger partial charge in [0.2, 0.25) is 5.91 Å². The van der Waals surface area contributed by atoms with Gasteiger partial charge in [-0.25, -0.2) is 9.59 Å². The van der Waals surface area contributed by atoms with Crippen molar-refractivity contribution in [3.8, 4) is 11.1 Å². The van der Waals surface area contributed by atoms with E-state index in [-0.39, 0.29) is 24.5 Å². The van der Waals surface area contributed by atoms with Gasteiger partial charge in [-0.1, -0.05) is 75.4 Å². The van der Waals surface area contributed by atoms with Crippen LogP contribution in [0.3, 0.4) is 0 Å². The van der Waals surface area contributed by atoms with Crippen molar-refractivity contribution in [2.75, 3.05) is 13.2 Å². The van der Waals surface area contributed by atoms with Crippen molar-refractivity contribution in [2.45, 2.75) is 52.5 Å². The average Bonchev–Trinajstić information content (AvgIpc) is 3.13. The molecule has 0 aromatic heterocycles. The van der Waals surface area contributed by atoms with Crippen LogP contribution < -0.4 is 10.6 Å². The third kappa shape index (κ3) is 6.94. The summed E-state index contributed by atoms with van der Waals surface area (Å²) < 4.78 is 5.48. The van der Waals surface area contributed by atoms with Crippen molar-refractivity contribution in [3.63, 3.8) is 0 Å². The number of hydrogen-bond acceptors (Lipinski definition) is 4. The fraction of sp³-hybridized carbons (Fsp3) is 0.393. The van der Waals surface area contributed by atoms with Gasteiger partial charge in [0.05, 0.1) is 0 Å². The number of alkyl carbamates (subject to hydrolysis) is 1. The molecule has 1 aliphatic carbocycles. The molecule has 2 aromatic carbocycles. The second-order valence-electron chi connectivity index (χ2n) is 10.1. The molecular formula is C28H34N2O5. The molecular weight excluding hydrogens is 444 g/mol. The second kappa shape index (κ2) is 11.2. The summed E-state index contributed by atoms with van der Waals surface area (Å²) in [6.07, 6.45) is 1.97. The normalized spacial score (nSPS) is 14.0. The first-order valence-corrected chi connectivity index (χ1v) is 11.9. The topological polar surface area (TPSA) is 105 Å². The highest BCUT2D eigenvalue weighted by Gasteiger charge is 2.29. The molecule has 0 bridgehead atoms. The monoisotopic (exact) mass is 478 g/mol. The van der Waals surface area contributed by atoms with Gasteiger partial charge in [0, 0.05) is 18.0 Å². The summed E-state index contributed by atoms with van der Waals surface area (Å²) in [5, 5.41) is 14.6. The summed E-state index contributed by atoms with van der Waals surface area (Å²) in [5.74, 6) is -1.56. The van der Waals surface area contributed by atoms with E-state index >= 15 is 0 Å². The summed E-state index contributed by atoms with van der Waals surface area (Å²) in [5.41, 5.74) is 4.87. The first kappa shape index (κ1) is 26.0. The molecule has 7 heteroatoms. The number of carboxylic acids is 1. The predicted octanol–water partition coefficient (Wildman–Crippen LogP) is 4.87. The lowest BCUT2D eigenvalue weighted by atomic mass is 9.88. The molecule has 1 atom stereocenters. The highest BCUT2D eigenvalue weighted by atomic mass is 16.5. The van der Waals surface area contributed by atoms with Crippen LogP contribution in [-0.2, 0) is 14.3 Å². The summed E-state index contributed by atoms with van der Waals surface area (Å²) >= 11 is 0. The number of carbonyl (C=O) groups excluding carboxylic acids is 2. The zero-order valence-corrected chi connectivity index (χ0v) is 20.8. The van der Waals surface area contributed by atoms with Gasteiger partial charge in [-0.2, -0.15) is 0 Å². The number of rotatable bonds is 9. The third-order valence-electron chi connectivity index (χ3n) is 6.14. The summed E-state index contributed by atoms with van der Waals surface area (Å²) in [6, 6.07) is 15.3. The van der Waals surface area contributed by atoms with Crippen LogP contribution in [0.1, 0.15) is 57.6 Å². The number of carbonyl (C=O) groups is 3. The quantitative estimate of drug-likeness (QED) is 0.446. The molecule has 0 fully saturated rings. The van der Waals surface area contributed by atoms with Crippen molar-refractivity contribution in [2.24, 2.45) is 5.41 Å². The lowest BCUT2D eigenvalue weighted by Gasteiger charge is -2.21. The Bertz CT molecular complexity index is 1070. The van der Waals surface area contributed by atoms with Gasteiger partial charge in [0.1, 0.15) is 12.6 Å². The smallest absolute Gasteiger partial charge is 0.407 e. The number of nitrogens with one attached hydrogen (secondary N) is 2. The zero-order valence-electron chi connectivity index (χ0n) is 20.8. The molecule has 1 unspecified atom stereocenters. The van der Waals surface area contributed by atoms with Gasteiger partial charge >= 0.3 is 12.1 Å². The highest BCUT2D eigenvalue weighted by molar-refractivity contribution is 5.95. The lowest BCUT2D eigenvalue weighted by molar-refractivity contribution is -0.141. The summed E-state index contributed by atoms with van der Waals surface area (Å²) in [4.78, 5) is 36.2. The van der Waals surface area contributed by atoms with Crippen molar-refractivity contribution < 1.29 is 24.2 Å². The fourth-order valence-corrected chi connectivity index (χ4v) is 4.14. The van der Waals surface area contributed by atoms with Gasteiger partial charge in [-0.05, 0) is 47.4 Å². The van der Waals surface area contributed by atoms with E-state index in [4.69, 9.17) is 4.74 Å². The first-order chi connectivity index (χ1) is 16.6. The van der Waals surface area contributed by atoms with Gasteiger partial charge in [0.25, 0.3) is 0 Å². The van der Waals surface area contributed by atoms with E-state index in [1.54, 1.807) is 13.0 Å². The Balaban J connectivity index is 1.49. The average molecular weight is 479 g/mol. The molecule has 0 radical (unpaired) electrons. The van der Waals surface area contributed by atoms with E-state index < -0.39 is 24.0 Å². The Morgan fingerprint density at radius 2 is 1.60 bits per heavy atom. The Kier molecular flexibility index (Phi) is 8.33. The molecule has 2 amide bonds. The standard InChI is InChI=1S/C28H34N2O5/c1-18(25(31)30-24(26(32)33)13-15-28(2,3)4)14-16-29-27(34)35-17-23-21-11-7-5-9-19(21)20-10-6-8-12-22(20)23/h5-12,14,23-24H,13,15-17H2,1-4H3,(H,29,34)(H,30,31)(H,32,33)/b18-14+. The second-order valence-corrected chi connectivity index (χ2v) is 10.1. The SMILES string of the molecule is C/C(=C\CNC(=O)OCC1c2ccccc2-c2ccccc21)C(=O)NC(CCC(C)(C)C)C(=O)O. The maximum Gasteiger partial charge on any atom is 0.407 e. The molecule has 0 saturated heterocycles. The molecule has 1 aliphatic rings. The molecule has 0 spiro atoms. The van der Waals surface area contributed by atoms with Crippen LogP contribution >= 0.6 is 0 Å². The van der Waals surface area contributed by atoms with E-state index in [9.17, 15) is 19.5 Å². The number of benzene rings is 2. The first-order valence-electron chi connectivity index (χ1n) is 11.9. The van der Waals surface area contributed by atoms with Crippen LogP contribution in [0.5, 0.6) is 0 Å². The minimum absolute atomic E-state index is 0.0303.